The normalized spacial score (nSPS) is 20.0. The van der Waals surface area contributed by atoms with Gasteiger partial charge in [-0.1, -0.05) is 30.3 Å². The predicted octanol–water partition coefficient (Wildman–Crippen LogP) is 2.28. The molecule has 22 heavy (non-hydrogen) atoms. The number of hydrogen-bond acceptors (Lipinski definition) is 5. The van der Waals surface area contributed by atoms with Gasteiger partial charge in [0.05, 0.1) is 12.1 Å². The molecular weight excluding hydrogens is 298 g/mol. The van der Waals surface area contributed by atoms with E-state index in [2.05, 4.69) is 15.2 Å². The number of benzene rings is 1. The number of aliphatic hydroxyl groups excluding tert-OH is 1. The number of amides is 1. The summed E-state index contributed by atoms with van der Waals surface area (Å²) in [5.41, 5.74) is 0.883. The highest BCUT2D eigenvalue weighted by Crippen LogP contribution is 2.23. The molecule has 6 heteroatoms. The maximum Gasteiger partial charge on any atom is 0.243 e. The summed E-state index contributed by atoms with van der Waals surface area (Å²) in [6.45, 7) is 1.31. The molecule has 1 aromatic heterocycles. The number of carbonyl (C=O) groups excluding carboxylic acids is 1. The second-order valence-electron chi connectivity index (χ2n) is 5.41. The molecule has 1 aliphatic rings. The van der Waals surface area contributed by atoms with Gasteiger partial charge >= 0.3 is 0 Å². The lowest BCUT2D eigenvalue weighted by Crippen LogP contribution is -2.41. The van der Waals surface area contributed by atoms with Gasteiger partial charge in [-0.05, 0) is 24.9 Å². The lowest BCUT2D eigenvalue weighted by atomic mass is 10.1. The van der Waals surface area contributed by atoms with Crippen molar-refractivity contribution in [2.24, 2.45) is 0 Å². The molecule has 1 fully saturated rings. The lowest BCUT2D eigenvalue weighted by Gasteiger charge is -2.25. The fraction of sp³-hybridized carbons (Fsp3) is 0.375. The van der Waals surface area contributed by atoms with Crippen molar-refractivity contribution < 1.29 is 9.90 Å². The first kappa shape index (κ1) is 15.1. The van der Waals surface area contributed by atoms with Gasteiger partial charge in [0.2, 0.25) is 5.91 Å². The van der Waals surface area contributed by atoms with E-state index in [0.29, 0.717) is 11.7 Å². The van der Waals surface area contributed by atoms with E-state index in [-0.39, 0.29) is 11.9 Å². The highest BCUT2D eigenvalue weighted by Gasteiger charge is 2.32. The van der Waals surface area contributed by atoms with Crippen LogP contribution in [0.2, 0.25) is 0 Å². The topological polar surface area (TPSA) is 65.5 Å². The van der Waals surface area contributed by atoms with E-state index in [9.17, 15) is 9.90 Å². The molecule has 0 spiro atoms. The van der Waals surface area contributed by atoms with Crippen LogP contribution in [0.25, 0.3) is 0 Å². The van der Waals surface area contributed by atoms with Gasteiger partial charge in [0, 0.05) is 18.1 Å². The summed E-state index contributed by atoms with van der Waals surface area (Å²) in [5.74, 6) is -0.0345. The van der Waals surface area contributed by atoms with Gasteiger partial charge in [-0.25, -0.2) is 4.98 Å². The highest BCUT2D eigenvalue weighted by molar-refractivity contribution is 7.13. The average molecular weight is 317 g/mol. The summed E-state index contributed by atoms with van der Waals surface area (Å²) in [7, 11) is 0. The van der Waals surface area contributed by atoms with E-state index >= 15 is 0 Å². The third kappa shape index (κ3) is 3.52. The van der Waals surface area contributed by atoms with Crippen molar-refractivity contribution >= 4 is 22.4 Å². The Balaban J connectivity index is 1.62. The van der Waals surface area contributed by atoms with Crippen molar-refractivity contribution in [3.05, 3.63) is 47.5 Å². The van der Waals surface area contributed by atoms with Gasteiger partial charge in [-0.15, -0.1) is 11.3 Å². The molecule has 1 aromatic carbocycles. The molecule has 2 atom stereocenters. The fourth-order valence-electron chi connectivity index (χ4n) is 2.82. The molecular formula is C16H19N3O2S. The largest absolute Gasteiger partial charge is 0.387 e. The van der Waals surface area contributed by atoms with Crippen molar-refractivity contribution in [3.63, 3.8) is 0 Å². The van der Waals surface area contributed by atoms with Gasteiger partial charge in [0.25, 0.3) is 0 Å². The lowest BCUT2D eigenvalue weighted by molar-refractivity contribution is -0.120. The highest BCUT2D eigenvalue weighted by atomic mass is 32.1. The second-order valence-corrected chi connectivity index (χ2v) is 6.30. The Hall–Kier alpha value is -1.76. The zero-order valence-corrected chi connectivity index (χ0v) is 13.0. The van der Waals surface area contributed by atoms with Gasteiger partial charge in [-0.3, -0.25) is 9.69 Å². The van der Waals surface area contributed by atoms with Crippen LogP contribution in [0.15, 0.2) is 41.9 Å². The van der Waals surface area contributed by atoms with Crippen molar-refractivity contribution in [1.29, 1.82) is 0 Å². The van der Waals surface area contributed by atoms with Crippen LogP contribution in [-0.4, -0.2) is 40.0 Å². The van der Waals surface area contributed by atoms with E-state index < -0.39 is 6.10 Å². The van der Waals surface area contributed by atoms with Crippen molar-refractivity contribution in [1.82, 2.24) is 9.88 Å². The minimum Gasteiger partial charge on any atom is -0.387 e. The number of thiazole rings is 1. The van der Waals surface area contributed by atoms with Gasteiger partial charge in [0.15, 0.2) is 5.13 Å². The molecule has 116 valence electrons. The van der Waals surface area contributed by atoms with Crippen LogP contribution in [0.3, 0.4) is 0 Å². The average Bonchev–Trinajstić information content (AvgIpc) is 3.19. The Morgan fingerprint density at radius 1 is 1.45 bits per heavy atom. The molecule has 5 nitrogen and oxygen atoms in total. The maximum absolute atomic E-state index is 12.4. The molecule has 1 amide bonds. The van der Waals surface area contributed by atoms with Crippen molar-refractivity contribution in [2.45, 2.75) is 25.0 Å². The molecule has 0 saturated carbocycles. The van der Waals surface area contributed by atoms with Crippen LogP contribution in [0.5, 0.6) is 0 Å². The molecule has 0 aliphatic carbocycles. The summed E-state index contributed by atoms with van der Waals surface area (Å²) < 4.78 is 0. The molecule has 1 aliphatic heterocycles. The summed E-state index contributed by atoms with van der Waals surface area (Å²) in [4.78, 5) is 18.5. The first-order valence-corrected chi connectivity index (χ1v) is 8.29. The number of aromatic nitrogens is 1. The summed E-state index contributed by atoms with van der Waals surface area (Å²) in [5, 5.41) is 15.7. The molecule has 2 aromatic rings. The molecule has 0 bridgehead atoms. The maximum atomic E-state index is 12.4. The Bertz CT molecular complexity index is 603. The van der Waals surface area contributed by atoms with Crippen molar-refractivity contribution in [3.8, 4) is 0 Å². The Morgan fingerprint density at radius 2 is 2.27 bits per heavy atom. The van der Waals surface area contributed by atoms with Gasteiger partial charge in [0.1, 0.15) is 0 Å². The number of carbonyl (C=O) groups is 1. The first-order chi connectivity index (χ1) is 10.7. The minimum atomic E-state index is -0.575. The van der Waals surface area contributed by atoms with E-state index in [4.69, 9.17) is 0 Å². The quantitative estimate of drug-likeness (QED) is 0.888. The van der Waals surface area contributed by atoms with Gasteiger partial charge < -0.3 is 10.4 Å². The van der Waals surface area contributed by atoms with Crippen LogP contribution in [-0.2, 0) is 4.79 Å². The number of likely N-dealkylation sites (tertiary alicyclic amines) is 1. The second kappa shape index (κ2) is 7.00. The Morgan fingerprint density at radius 3 is 3.00 bits per heavy atom. The van der Waals surface area contributed by atoms with Gasteiger partial charge in [-0.2, -0.15) is 0 Å². The molecule has 2 heterocycles. The number of nitrogens with one attached hydrogen (secondary N) is 1. The van der Waals surface area contributed by atoms with E-state index in [1.165, 1.54) is 11.3 Å². The fourth-order valence-corrected chi connectivity index (χ4v) is 3.35. The third-order valence-electron chi connectivity index (χ3n) is 3.92. The predicted molar refractivity (Wildman–Crippen MR) is 86.7 cm³/mol. The minimum absolute atomic E-state index is 0.0345. The SMILES string of the molecule is O=C(Nc1nccs1)C1CCCN1CC(O)c1ccccc1. The molecule has 1 saturated heterocycles. The Labute approximate surface area is 133 Å². The molecule has 0 radical (unpaired) electrons. The summed E-state index contributed by atoms with van der Waals surface area (Å²) in [6, 6.07) is 9.37. The number of rotatable bonds is 5. The number of nitrogens with zero attached hydrogens (tertiary/aromatic N) is 2. The van der Waals surface area contributed by atoms with Crippen LogP contribution < -0.4 is 5.32 Å². The van der Waals surface area contributed by atoms with Crippen molar-refractivity contribution in [2.75, 3.05) is 18.4 Å². The number of anilines is 1. The first-order valence-electron chi connectivity index (χ1n) is 7.41. The van der Waals surface area contributed by atoms with E-state index in [1.54, 1.807) is 6.20 Å². The molecule has 2 N–H and O–H groups in total. The number of aliphatic hydroxyl groups is 1. The summed E-state index contributed by atoms with van der Waals surface area (Å²) in [6.07, 6.45) is 2.89. The zero-order valence-electron chi connectivity index (χ0n) is 12.2. The van der Waals surface area contributed by atoms with Crippen LogP contribution in [0, 0.1) is 0 Å². The van der Waals surface area contributed by atoms with E-state index in [1.807, 2.05) is 35.7 Å². The standard InChI is InChI=1S/C16H19N3O2S/c20-14(12-5-2-1-3-6-12)11-19-9-4-7-13(19)15(21)18-16-17-8-10-22-16/h1-3,5-6,8,10,13-14,20H,4,7,9,11H2,(H,17,18,21). The zero-order chi connectivity index (χ0) is 15.4. The summed E-state index contributed by atoms with van der Waals surface area (Å²) >= 11 is 1.41. The monoisotopic (exact) mass is 317 g/mol. The Kier molecular flexibility index (Phi) is 4.82. The van der Waals surface area contributed by atoms with Crippen LogP contribution in [0.4, 0.5) is 5.13 Å². The van der Waals surface area contributed by atoms with Crippen LogP contribution in [0.1, 0.15) is 24.5 Å². The van der Waals surface area contributed by atoms with E-state index in [0.717, 1.165) is 24.9 Å². The smallest absolute Gasteiger partial charge is 0.243 e. The number of β-amino-alcohol motifs (C(OH)–C–C–N with tert-alkyl or cyclic N) is 1. The molecule has 2 unspecified atom stereocenters. The van der Waals surface area contributed by atoms with Crippen LogP contribution >= 0.6 is 11.3 Å². The molecule has 3 rings (SSSR count). The number of hydrogen-bond donors (Lipinski definition) is 2. The third-order valence-corrected chi connectivity index (χ3v) is 4.61.